The number of ether oxygens (including phenoxy) is 3. The van der Waals surface area contributed by atoms with Crippen LogP contribution in [0.2, 0.25) is 0 Å². The van der Waals surface area contributed by atoms with Crippen LogP contribution in [0.15, 0.2) is 48.7 Å². The first-order chi connectivity index (χ1) is 12.7. The van der Waals surface area contributed by atoms with Crippen LogP contribution in [0.3, 0.4) is 0 Å². The van der Waals surface area contributed by atoms with Gasteiger partial charge in [0.25, 0.3) is 0 Å². The van der Waals surface area contributed by atoms with E-state index >= 15 is 0 Å². The molecule has 0 aliphatic rings. The minimum absolute atomic E-state index is 0.572. The predicted octanol–water partition coefficient (Wildman–Crippen LogP) is 3.73. The largest absolute Gasteiger partial charge is 0.497 e. The Morgan fingerprint density at radius 2 is 1.73 bits per heavy atom. The molecule has 2 aromatic carbocycles. The van der Waals surface area contributed by atoms with E-state index in [1.54, 1.807) is 21.3 Å². The summed E-state index contributed by atoms with van der Waals surface area (Å²) in [6.07, 6.45) is 1.85. The summed E-state index contributed by atoms with van der Waals surface area (Å²) in [5.74, 6) is 3.19. The highest BCUT2D eigenvalue weighted by Gasteiger charge is 2.11. The summed E-state index contributed by atoms with van der Waals surface area (Å²) in [5, 5.41) is 3.36. The summed E-state index contributed by atoms with van der Waals surface area (Å²) in [4.78, 5) is 4.50. The van der Waals surface area contributed by atoms with E-state index < -0.39 is 0 Å². The second-order valence-electron chi connectivity index (χ2n) is 5.79. The molecule has 6 nitrogen and oxygen atoms in total. The van der Waals surface area contributed by atoms with Gasteiger partial charge in [-0.05, 0) is 30.3 Å². The minimum atomic E-state index is 0.572. The van der Waals surface area contributed by atoms with Crippen molar-refractivity contribution in [3.8, 4) is 28.5 Å². The SMILES string of the molecule is COc1cccc(-c2cnc(NCc3cc(OC)ccc3OC)n2C)c1. The van der Waals surface area contributed by atoms with Crippen LogP contribution in [0.1, 0.15) is 5.56 Å². The van der Waals surface area contributed by atoms with Gasteiger partial charge in [-0.15, -0.1) is 0 Å². The maximum Gasteiger partial charge on any atom is 0.203 e. The Labute approximate surface area is 153 Å². The zero-order valence-electron chi connectivity index (χ0n) is 15.4. The lowest BCUT2D eigenvalue weighted by Gasteiger charge is -2.12. The van der Waals surface area contributed by atoms with E-state index in [0.29, 0.717) is 6.54 Å². The van der Waals surface area contributed by atoms with Gasteiger partial charge >= 0.3 is 0 Å². The van der Waals surface area contributed by atoms with Crippen LogP contribution in [0.5, 0.6) is 17.2 Å². The van der Waals surface area contributed by atoms with Crippen molar-refractivity contribution in [3.63, 3.8) is 0 Å². The van der Waals surface area contributed by atoms with Gasteiger partial charge < -0.3 is 24.1 Å². The van der Waals surface area contributed by atoms with Crippen LogP contribution in [-0.2, 0) is 13.6 Å². The quantitative estimate of drug-likeness (QED) is 0.701. The number of rotatable bonds is 7. The van der Waals surface area contributed by atoms with Crippen molar-refractivity contribution < 1.29 is 14.2 Å². The molecule has 1 N–H and O–H groups in total. The number of imidazole rings is 1. The summed E-state index contributed by atoms with van der Waals surface area (Å²) >= 11 is 0. The highest BCUT2D eigenvalue weighted by molar-refractivity contribution is 5.63. The molecule has 0 fully saturated rings. The molecule has 0 aliphatic heterocycles. The number of benzene rings is 2. The van der Waals surface area contributed by atoms with Crippen molar-refractivity contribution >= 4 is 5.95 Å². The Hall–Kier alpha value is -3.15. The monoisotopic (exact) mass is 353 g/mol. The number of hydrogen-bond acceptors (Lipinski definition) is 5. The molecule has 26 heavy (non-hydrogen) atoms. The van der Waals surface area contributed by atoms with Gasteiger partial charge in [0, 0.05) is 24.7 Å². The third-order valence-corrected chi connectivity index (χ3v) is 4.28. The van der Waals surface area contributed by atoms with Crippen LogP contribution >= 0.6 is 0 Å². The number of nitrogens with one attached hydrogen (secondary N) is 1. The van der Waals surface area contributed by atoms with Crippen LogP contribution in [0.4, 0.5) is 5.95 Å². The highest BCUT2D eigenvalue weighted by atomic mass is 16.5. The van der Waals surface area contributed by atoms with E-state index in [1.807, 2.05) is 60.3 Å². The number of methoxy groups -OCH3 is 3. The van der Waals surface area contributed by atoms with Gasteiger partial charge in [-0.25, -0.2) is 4.98 Å². The fraction of sp³-hybridized carbons (Fsp3) is 0.250. The van der Waals surface area contributed by atoms with Gasteiger partial charge in [0.15, 0.2) is 0 Å². The van der Waals surface area contributed by atoms with Gasteiger partial charge in [-0.2, -0.15) is 0 Å². The first-order valence-electron chi connectivity index (χ1n) is 8.27. The van der Waals surface area contributed by atoms with Crippen LogP contribution < -0.4 is 19.5 Å². The van der Waals surface area contributed by atoms with Crippen molar-refractivity contribution in [2.45, 2.75) is 6.54 Å². The first-order valence-corrected chi connectivity index (χ1v) is 8.27. The molecular formula is C20H23N3O3. The first kappa shape index (κ1) is 17.7. The number of anilines is 1. The minimum Gasteiger partial charge on any atom is -0.497 e. The third kappa shape index (κ3) is 3.59. The van der Waals surface area contributed by atoms with Crippen molar-refractivity contribution in [2.75, 3.05) is 26.6 Å². The van der Waals surface area contributed by atoms with Crippen molar-refractivity contribution in [3.05, 3.63) is 54.2 Å². The second kappa shape index (κ2) is 7.82. The molecule has 0 aliphatic carbocycles. The molecule has 1 heterocycles. The van der Waals surface area contributed by atoms with E-state index in [-0.39, 0.29) is 0 Å². The molecule has 0 atom stereocenters. The molecule has 0 radical (unpaired) electrons. The summed E-state index contributed by atoms with van der Waals surface area (Å²) in [7, 11) is 6.95. The lowest BCUT2D eigenvalue weighted by Crippen LogP contribution is -2.07. The van der Waals surface area contributed by atoms with Gasteiger partial charge in [0.05, 0.1) is 33.2 Å². The van der Waals surface area contributed by atoms with Gasteiger partial charge in [-0.1, -0.05) is 12.1 Å². The van der Waals surface area contributed by atoms with Crippen molar-refractivity contribution in [1.82, 2.24) is 9.55 Å². The molecule has 0 unspecified atom stereocenters. The van der Waals surface area contributed by atoms with Crippen LogP contribution in [0, 0.1) is 0 Å². The fourth-order valence-corrected chi connectivity index (χ4v) is 2.82. The zero-order valence-corrected chi connectivity index (χ0v) is 15.4. The van der Waals surface area contributed by atoms with Gasteiger partial charge in [-0.3, -0.25) is 0 Å². The molecule has 0 amide bonds. The van der Waals surface area contributed by atoms with Crippen LogP contribution in [-0.4, -0.2) is 30.9 Å². The maximum atomic E-state index is 5.43. The second-order valence-corrected chi connectivity index (χ2v) is 5.79. The topological polar surface area (TPSA) is 57.5 Å². The molecular weight excluding hydrogens is 330 g/mol. The maximum absolute atomic E-state index is 5.43. The standard InChI is InChI=1S/C20H23N3O3/c1-23-18(14-6-5-7-16(10-14)24-2)13-22-20(23)21-12-15-11-17(25-3)8-9-19(15)26-4/h5-11,13H,12H2,1-4H3,(H,21,22). The van der Waals surface area contributed by atoms with E-state index in [0.717, 1.165) is 40.0 Å². The van der Waals surface area contributed by atoms with E-state index in [2.05, 4.69) is 10.3 Å². The van der Waals surface area contributed by atoms with Crippen molar-refractivity contribution in [1.29, 1.82) is 0 Å². The molecule has 0 bridgehead atoms. The van der Waals surface area contributed by atoms with Crippen LogP contribution in [0.25, 0.3) is 11.3 Å². The van der Waals surface area contributed by atoms with Gasteiger partial charge in [0.2, 0.25) is 5.95 Å². The van der Waals surface area contributed by atoms with E-state index in [4.69, 9.17) is 14.2 Å². The van der Waals surface area contributed by atoms with E-state index in [9.17, 15) is 0 Å². The van der Waals surface area contributed by atoms with Crippen molar-refractivity contribution in [2.24, 2.45) is 7.05 Å². The Bertz CT molecular complexity index is 890. The Morgan fingerprint density at radius 1 is 0.962 bits per heavy atom. The smallest absolute Gasteiger partial charge is 0.203 e. The Balaban J connectivity index is 1.81. The summed E-state index contributed by atoms with van der Waals surface area (Å²) in [5.41, 5.74) is 3.05. The molecule has 0 saturated heterocycles. The summed E-state index contributed by atoms with van der Waals surface area (Å²) in [6.45, 7) is 0.572. The van der Waals surface area contributed by atoms with E-state index in [1.165, 1.54) is 0 Å². The number of aromatic nitrogens is 2. The molecule has 3 rings (SSSR count). The molecule has 0 saturated carbocycles. The number of hydrogen-bond donors (Lipinski definition) is 1. The molecule has 6 heteroatoms. The summed E-state index contributed by atoms with van der Waals surface area (Å²) < 4.78 is 18.0. The normalized spacial score (nSPS) is 10.5. The molecule has 136 valence electrons. The summed E-state index contributed by atoms with van der Waals surface area (Å²) in [6, 6.07) is 13.7. The van der Waals surface area contributed by atoms with Gasteiger partial charge in [0.1, 0.15) is 17.2 Å². The highest BCUT2D eigenvalue weighted by Crippen LogP contribution is 2.27. The Morgan fingerprint density at radius 3 is 2.46 bits per heavy atom. The average Bonchev–Trinajstić information content (AvgIpc) is 3.06. The lowest BCUT2D eigenvalue weighted by molar-refractivity contribution is 0.399. The molecule has 1 aromatic heterocycles. The fourth-order valence-electron chi connectivity index (χ4n) is 2.82. The number of nitrogens with zero attached hydrogens (tertiary/aromatic N) is 2. The lowest BCUT2D eigenvalue weighted by atomic mass is 10.1. The third-order valence-electron chi connectivity index (χ3n) is 4.28. The Kier molecular flexibility index (Phi) is 5.31. The zero-order chi connectivity index (χ0) is 18.5. The molecule has 0 spiro atoms. The molecule has 3 aromatic rings. The average molecular weight is 353 g/mol. The predicted molar refractivity (Wildman–Crippen MR) is 102 cm³/mol.